The fourth-order valence-corrected chi connectivity index (χ4v) is 24.0. The number of carbonyl (C=O) groups is 3. The lowest BCUT2D eigenvalue weighted by atomic mass is 9.33. The molecule has 768 valence electrons. The Labute approximate surface area is 769 Å². The van der Waals surface area contributed by atoms with Gasteiger partial charge >= 0.3 is 11.9 Å². The van der Waals surface area contributed by atoms with E-state index in [2.05, 4.69) is 40.7 Å². The van der Waals surface area contributed by atoms with E-state index < -0.39 is 379 Å². The molecule has 134 heavy (non-hydrogen) atoms. The van der Waals surface area contributed by atoms with Crippen LogP contribution in [0.5, 0.6) is 0 Å². The van der Waals surface area contributed by atoms with Crippen molar-refractivity contribution < 1.29 is 237 Å². The number of aliphatic hydroxyl groups is 24. The first kappa shape index (κ1) is 105. The molecule has 0 aromatic carbocycles. The Morgan fingerprint density at radius 1 is 0.388 bits per heavy atom. The summed E-state index contributed by atoms with van der Waals surface area (Å²) in [6, 6.07) is 0. The standard InChI is InChI=1S/C86H136O48/c1-28-42(93)47(98)53(104)74(119-28)131-66-57(108)62(127-75-56(107)50(101)61(29(2)120-75)126-72-59(110)64(35(92)24-116-72)129-73-60(111)63(34(91)25-117-73)128-70-51(102)43(94)33(90)23-115-70)30(3)121-78(66)134-80(114)86-18-16-81(4,5)20-32(86)31-10-11-40-82(6)14-13-41(83(7,27-89)39(82)12-15-85(40,9)84(31,8)17-19-86)125-79-67(132-77-55(106)49(100)45(96)37(22-88)123-77)58(109)65(68(133-79)69(112)113)130-71-52(103)46(97)38(26-118-71)124-76-54(105)48(99)44(95)36(21-87)122-76/h10,27-30,32-68,70-79,87-88,90-111H,11-26H2,1-9H3,(H,112,113). The Bertz CT molecular complexity index is 3990. The second kappa shape index (κ2) is 40.7. The van der Waals surface area contributed by atoms with Crippen molar-refractivity contribution in [3.8, 4) is 0 Å². The summed E-state index contributed by atoms with van der Waals surface area (Å²) in [6.07, 6.45) is -78.5. The van der Waals surface area contributed by atoms with E-state index in [0.717, 1.165) is 11.9 Å². The number of allylic oxidation sites excluding steroid dienone is 2. The Hall–Kier alpha value is -3.37. The Morgan fingerprint density at radius 2 is 0.828 bits per heavy atom. The third-order valence-electron chi connectivity index (χ3n) is 32.4. The van der Waals surface area contributed by atoms with E-state index in [1.807, 2.05) is 0 Å². The normalized spacial score (nSPS) is 55.0. The van der Waals surface area contributed by atoms with Crippen LogP contribution in [-0.4, -0.2) is 474 Å². The monoisotopic (exact) mass is 1940 g/mol. The molecule has 4 saturated carbocycles. The summed E-state index contributed by atoms with van der Waals surface area (Å²) in [7, 11) is 0. The van der Waals surface area contributed by atoms with Crippen molar-refractivity contribution in [2.75, 3.05) is 39.6 Å². The van der Waals surface area contributed by atoms with Crippen LogP contribution in [0, 0.1) is 50.2 Å². The van der Waals surface area contributed by atoms with Crippen molar-refractivity contribution >= 4 is 18.2 Å². The summed E-state index contributed by atoms with van der Waals surface area (Å²) < 4.78 is 119. The molecule has 15 rings (SSSR count). The number of esters is 1. The molecule has 0 spiro atoms. The van der Waals surface area contributed by atoms with E-state index >= 15 is 4.79 Å². The van der Waals surface area contributed by atoms with Gasteiger partial charge in [0.25, 0.3) is 0 Å². The summed E-state index contributed by atoms with van der Waals surface area (Å²) in [4.78, 5) is 44.1. The first-order chi connectivity index (χ1) is 63.0. The van der Waals surface area contributed by atoms with Crippen molar-refractivity contribution in [3.63, 3.8) is 0 Å². The molecule has 55 atom stereocenters. The van der Waals surface area contributed by atoms with Gasteiger partial charge in [-0.05, 0) is 124 Å². The fraction of sp³-hybridized carbons (Fsp3) is 0.942. The molecule has 55 unspecified atom stereocenters. The lowest BCUT2D eigenvalue weighted by Crippen LogP contribution is -2.68. The summed E-state index contributed by atoms with van der Waals surface area (Å²) in [6.45, 7) is 12.6. The molecule has 15 aliphatic rings. The highest BCUT2D eigenvalue weighted by molar-refractivity contribution is 5.79. The number of ether oxygens (including phenoxy) is 20. The zero-order valence-electron chi connectivity index (χ0n) is 75.4. The van der Waals surface area contributed by atoms with Crippen LogP contribution in [0.2, 0.25) is 0 Å². The molecule has 5 aliphatic carbocycles. The van der Waals surface area contributed by atoms with Crippen LogP contribution in [0.4, 0.5) is 0 Å². The number of hydrogen-bond acceptors (Lipinski definition) is 47. The van der Waals surface area contributed by atoms with Gasteiger partial charge in [-0.1, -0.05) is 53.2 Å². The van der Waals surface area contributed by atoms with Gasteiger partial charge in [-0.25, -0.2) is 4.79 Å². The van der Waals surface area contributed by atoms with Crippen LogP contribution < -0.4 is 0 Å². The third kappa shape index (κ3) is 18.9. The zero-order chi connectivity index (χ0) is 97.5. The largest absolute Gasteiger partial charge is 0.479 e. The average Bonchev–Trinajstić information content (AvgIpc) is 0.671. The SMILES string of the molecule is CC1OC(OC2C(OC(=O)C34CCC(C)(C)CC3C3=CCC5C6(C)CCC(OC7OC(C(=O)O)C(OC8OCC(OC9OC(CO)C(O)C(O)C9O)C(O)C8O)C(O)C7OC7OC(CO)C(O)C(O)C7O)C(C)(C=O)C6CCC5(C)C3(C)CC4)OC(C)C(OC3OC(C)C(OC4OCC(O)C(OC5OCC(O)C(OC6OCC(O)C(O)C6O)C5O)C4O)C(O)C3O)C2O)C(O)C(O)C1O. The molecule has 0 radical (unpaired) electrons. The van der Waals surface area contributed by atoms with Gasteiger partial charge in [-0.15, -0.1) is 0 Å². The predicted octanol–water partition coefficient (Wildman–Crippen LogP) is -10.2. The van der Waals surface area contributed by atoms with Crippen molar-refractivity contribution in [3.05, 3.63) is 11.6 Å². The molecule has 25 N–H and O–H groups in total. The van der Waals surface area contributed by atoms with Crippen LogP contribution in [0.3, 0.4) is 0 Å². The summed E-state index contributed by atoms with van der Waals surface area (Å²) >= 11 is 0. The molecule has 48 nitrogen and oxygen atoms in total. The number of fused-ring (bicyclic) bond motifs is 7. The molecule has 10 aliphatic heterocycles. The maximum absolute atomic E-state index is 16.1. The maximum atomic E-state index is 16.1. The van der Waals surface area contributed by atoms with Crippen LogP contribution in [0.15, 0.2) is 11.6 Å². The second-order valence-electron chi connectivity index (χ2n) is 41.0. The number of hydrogen-bond donors (Lipinski definition) is 25. The van der Waals surface area contributed by atoms with Crippen LogP contribution in [0.1, 0.15) is 127 Å². The quantitative estimate of drug-likeness (QED) is 0.0185. The van der Waals surface area contributed by atoms with Gasteiger partial charge in [0.15, 0.2) is 68.8 Å². The molecule has 14 fully saturated rings. The topological polar surface area (TPSA) is 742 Å². The van der Waals surface area contributed by atoms with E-state index in [4.69, 9.17) is 94.7 Å². The van der Waals surface area contributed by atoms with E-state index in [1.54, 1.807) is 6.92 Å². The average molecular weight is 1940 g/mol. The van der Waals surface area contributed by atoms with E-state index in [9.17, 15) is 137 Å². The molecule has 48 heteroatoms. The molecule has 0 aromatic rings. The summed E-state index contributed by atoms with van der Waals surface area (Å²) in [5.74, 6) is -3.74. The number of carboxylic acids is 1. The minimum atomic E-state index is -2.30. The molecule has 0 aromatic heterocycles. The van der Waals surface area contributed by atoms with Gasteiger partial charge in [-0.3, -0.25) is 4.79 Å². The number of carboxylic acid groups (broad SMARTS) is 1. The summed E-state index contributed by atoms with van der Waals surface area (Å²) in [5, 5.41) is 276. The van der Waals surface area contributed by atoms with Crippen molar-refractivity contribution in [2.24, 2.45) is 50.2 Å². The Kier molecular flexibility index (Phi) is 31.9. The number of aldehydes is 1. The number of aliphatic hydroxyl groups excluding tert-OH is 24. The lowest BCUT2D eigenvalue weighted by molar-refractivity contribution is -0.390. The van der Waals surface area contributed by atoms with Gasteiger partial charge in [0, 0.05) is 0 Å². The molecule has 0 amide bonds. The Balaban J connectivity index is 0.637. The number of rotatable bonds is 24. The second-order valence-corrected chi connectivity index (χ2v) is 41.0. The van der Waals surface area contributed by atoms with E-state index in [1.165, 1.54) is 20.8 Å². The number of carbonyl (C=O) groups excluding carboxylic acids is 2. The van der Waals surface area contributed by atoms with Crippen molar-refractivity contribution in [1.82, 2.24) is 0 Å². The molecular formula is C86H136O48. The molecule has 10 heterocycles. The zero-order valence-corrected chi connectivity index (χ0v) is 75.4. The van der Waals surface area contributed by atoms with Crippen molar-refractivity contribution in [1.29, 1.82) is 0 Å². The molecule has 0 bridgehead atoms. The van der Waals surface area contributed by atoms with Crippen molar-refractivity contribution in [2.45, 2.75) is 415 Å². The highest BCUT2D eigenvalue weighted by atomic mass is 16.8. The first-order valence-corrected chi connectivity index (χ1v) is 46.1. The summed E-state index contributed by atoms with van der Waals surface area (Å²) in [5.41, 5.74) is -4.08. The smallest absolute Gasteiger partial charge is 0.335 e. The van der Waals surface area contributed by atoms with Gasteiger partial charge in [0.05, 0.1) is 74.9 Å². The van der Waals surface area contributed by atoms with Crippen LogP contribution in [0.25, 0.3) is 0 Å². The minimum absolute atomic E-state index is 0.0726. The van der Waals surface area contributed by atoms with Gasteiger partial charge in [0.2, 0.25) is 6.29 Å². The van der Waals surface area contributed by atoms with E-state index in [0.29, 0.717) is 51.4 Å². The fourth-order valence-electron chi connectivity index (χ4n) is 24.0. The third-order valence-corrected chi connectivity index (χ3v) is 32.4. The van der Waals surface area contributed by atoms with Crippen LogP contribution >= 0.6 is 0 Å². The van der Waals surface area contributed by atoms with Gasteiger partial charge < -0.3 is 227 Å². The van der Waals surface area contributed by atoms with Crippen LogP contribution in [-0.2, 0) is 109 Å². The van der Waals surface area contributed by atoms with Gasteiger partial charge in [-0.2, -0.15) is 0 Å². The molecular weight excluding hydrogens is 1800 g/mol. The minimum Gasteiger partial charge on any atom is -0.479 e. The molecule has 10 saturated heterocycles. The first-order valence-electron chi connectivity index (χ1n) is 46.1. The highest BCUT2D eigenvalue weighted by Gasteiger charge is 2.72. The Morgan fingerprint density at radius 3 is 1.39 bits per heavy atom. The highest BCUT2D eigenvalue weighted by Crippen LogP contribution is 2.76. The van der Waals surface area contributed by atoms with Gasteiger partial charge in [0.1, 0.15) is 196 Å². The lowest BCUT2D eigenvalue weighted by Gasteiger charge is -2.71. The number of aliphatic carboxylic acids is 1. The predicted molar refractivity (Wildman–Crippen MR) is 431 cm³/mol. The maximum Gasteiger partial charge on any atom is 0.335 e. The van der Waals surface area contributed by atoms with E-state index in [-0.39, 0.29) is 24.2 Å².